The molecule has 1 aromatic carbocycles. The summed E-state index contributed by atoms with van der Waals surface area (Å²) in [5.74, 6) is 1.35. The predicted octanol–water partition coefficient (Wildman–Crippen LogP) is 5.14. The van der Waals surface area contributed by atoms with Crippen LogP contribution in [-0.4, -0.2) is 30.7 Å². The van der Waals surface area contributed by atoms with Crippen LogP contribution in [0.25, 0.3) is 0 Å². The molecule has 0 atom stereocenters. The van der Waals surface area contributed by atoms with Crippen molar-refractivity contribution >= 4 is 41.3 Å². The summed E-state index contributed by atoms with van der Waals surface area (Å²) in [5.41, 5.74) is 1.91. The van der Waals surface area contributed by atoms with Crippen LogP contribution in [0.1, 0.15) is 49.9 Å². The lowest BCUT2D eigenvalue weighted by molar-refractivity contribution is -0.0514. The summed E-state index contributed by atoms with van der Waals surface area (Å²) >= 11 is 1.62. The number of nitrogens with zero attached hydrogens (tertiary/aromatic N) is 2. The van der Waals surface area contributed by atoms with E-state index in [9.17, 15) is 8.78 Å². The van der Waals surface area contributed by atoms with E-state index in [4.69, 9.17) is 4.74 Å². The second kappa shape index (κ2) is 13.6. The molecule has 0 spiro atoms. The van der Waals surface area contributed by atoms with Crippen LogP contribution in [-0.2, 0) is 13.1 Å². The molecule has 0 unspecified atom stereocenters. The highest BCUT2D eigenvalue weighted by Crippen LogP contribution is 2.30. The number of benzene rings is 1. The minimum atomic E-state index is -2.90. The van der Waals surface area contributed by atoms with Crippen molar-refractivity contribution in [1.29, 1.82) is 0 Å². The summed E-state index contributed by atoms with van der Waals surface area (Å²) < 4.78 is 35.0. The first kappa shape index (κ1) is 26.3. The van der Waals surface area contributed by atoms with Crippen molar-refractivity contribution in [1.82, 2.24) is 15.6 Å². The van der Waals surface area contributed by atoms with Crippen LogP contribution >= 0.6 is 35.3 Å². The first-order valence-electron chi connectivity index (χ1n) is 9.59. The van der Waals surface area contributed by atoms with Gasteiger partial charge in [-0.2, -0.15) is 8.78 Å². The van der Waals surface area contributed by atoms with E-state index in [-0.39, 0.29) is 35.5 Å². The highest BCUT2D eigenvalue weighted by Gasteiger charge is 2.12. The molecule has 1 aromatic heterocycles. The van der Waals surface area contributed by atoms with Crippen LogP contribution in [0.2, 0.25) is 0 Å². The van der Waals surface area contributed by atoms with Crippen molar-refractivity contribution < 1.29 is 18.3 Å². The van der Waals surface area contributed by atoms with E-state index >= 15 is 0 Å². The summed E-state index contributed by atoms with van der Waals surface area (Å²) in [5, 5.41) is 9.52. The molecule has 1 heterocycles. The lowest BCUT2D eigenvalue weighted by Crippen LogP contribution is -2.36. The molecule has 0 fully saturated rings. The van der Waals surface area contributed by atoms with Gasteiger partial charge in [0.1, 0.15) is 5.01 Å². The van der Waals surface area contributed by atoms with E-state index in [0.29, 0.717) is 38.1 Å². The number of alkyl halides is 2. The number of hydrogen-bond acceptors (Lipinski definition) is 5. The highest BCUT2D eigenvalue weighted by molar-refractivity contribution is 14.0. The number of halogens is 3. The maximum absolute atomic E-state index is 12.5. The van der Waals surface area contributed by atoms with Crippen LogP contribution < -0.4 is 20.1 Å². The Balaban J connectivity index is 0.00000450. The van der Waals surface area contributed by atoms with Gasteiger partial charge in [-0.1, -0.05) is 19.9 Å². The van der Waals surface area contributed by atoms with Crippen molar-refractivity contribution in [2.45, 2.75) is 53.3 Å². The average molecular weight is 554 g/mol. The Morgan fingerprint density at radius 1 is 1.20 bits per heavy atom. The van der Waals surface area contributed by atoms with E-state index in [1.807, 2.05) is 6.92 Å². The van der Waals surface area contributed by atoms with Gasteiger partial charge in [-0.15, -0.1) is 35.3 Å². The second-order valence-electron chi connectivity index (χ2n) is 6.46. The monoisotopic (exact) mass is 554 g/mol. The number of aliphatic imine (C=N–C) groups is 1. The number of thiazole rings is 1. The van der Waals surface area contributed by atoms with Gasteiger partial charge in [-0.3, -0.25) is 0 Å². The minimum absolute atomic E-state index is 0. The van der Waals surface area contributed by atoms with Gasteiger partial charge in [0.15, 0.2) is 17.5 Å². The van der Waals surface area contributed by atoms with Gasteiger partial charge in [0, 0.05) is 11.9 Å². The Bertz CT molecular complexity index is 803. The summed E-state index contributed by atoms with van der Waals surface area (Å²) in [6.07, 6.45) is 0. The van der Waals surface area contributed by atoms with Crippen LogP contribution in [0.15, 0.2) is 28.6 Å². The topological polar surface area (TPSA) is 67.8 Å². The van der Waals surface area contributed by atoms with Gasteiger partial charge in [0.2, 0.25) is 0 Å². The SMILES string of the molecule is CCNC(=NCc1ccc(OC(F)F)c(OCC)c1)NCc1nc(C(C)C)cs1.I. The zero-order chi connectivity index (χ0) is 21.2. The number of guanidine groups is 1. The molecule has 0 aliphatic carbocycles. The molecule has 2 aromatic rings. The van der Waals surface area contributed by atoms with E-state index in [2.05, 4.69) is 44.6 Å². The van der Waals surface area contributed by atoms with Gasteiger partial charge < -0.3 is 20.1 Å². The first-order chi connectivity index (χ1) is 13.9. The van der Waals surface area contributed by atoms with Crippen molar-refractivity contribution in [3.8, 4) is 11.5 Å². The number of nitrogens with one attached hydrogen (secondary N) is 2. The lowest BCUT2D eigenvalue weighted by atomic mass is 10.2. The van der Waals surface area contributed by atoms with E-state index in [0.717, 1.165) is 16.3 Å². The quantitative estimate of drug-likeness (QED) is 0.242. The van der Waals surface area contributed by atoms with Gasteiger partial charge in [0.05, 0.1) is 25.4 Å². The molecule has 0 saturated heterocycles. The van der Waals surface area contributed by atoms with Crippen LogP contribution in [0, 0.1) is 0 Å². The summed E-state index contributed by atoms with van der Waals surface area (Å²) in [6.45, 7) is 7.11. The molecular weight excluding hydrogens is 525 g/mol. The maximum atomic E-state index is 12.5. The first-order valence-corrected chi connectivity index (χ1v) is 10.5. The fourth-order valence-electron chi connectivity index (χ4n) is 2.46. The molecule has 0 bridgehead atoms. The molecule has 0 amide bonds. The Labute approximate surface area is 197 Å². The fourth-order valence-corrected chi connectivity index (χ4v) is 3.35. The molecule has 30 heavy (non-hydrogen) atoms. The molecule has 6 nitrogen and oxygen atoms in total. The molecule has 2 N–H and O–H groups in total. The van der Waals surface area contributed by atoms with Crippen molar-refractivity contribution in [2.75, 3.05) is 13.2 Å². The summed E-state index contributed by atoms with van der Waals surface area (Å²) in [4.78, 5) is 9.17. The van der Waals surface area contributed by atoms with E-state index < -0.39 is 6.61 Å². The van der Waals surface area contributed by atoms with Crippen LogP contribution in [0.5, 0.6) is 11.5 Å². The van der Waals surface area contributed by atoms with Crippen molar-refractivity contribution in [2.24, 2.45) is 4.99 Å². The lowest BCUT2D eigenvalue weighted by Gasteiger charge is -2.13. The molecule has 2 rings (SSSR count). The summed E-state index contributed by atoms with van der Waals surface area (Å²) in [7, 11) is 0. The Kier molecular flexibility index (Phi) is 11.9. The van der Waals surface area contributed by atoms with E-state index in [1.54, 1.807) is 30.4 Å². The van der Waals surface area contributed by atoms with Gasteiger partial charge >= 0.3 is 6.61 Å². The molecule has 168 valence electrons. The predicted molar refractivity (Wildman–Crippen MR) is 128 cm³/mol. The third-order valence-electron chi connectivity index (χ3n) is 3.86. The van der Waals surface area contributed by atoms with Gasteiger partial charge in [0.25, 0.3) is 0 Å². The van der Waals surface area contributed by atoms with Crippen LogP contribution in [0.4, 0.5) is 8.78 Å². The van der Waals surface area contributed by atoms with Crippen molar-refractivity contribution in [3.63, 3.8) is 0 Å². The largest absolute Gasteiger partial charge is 0.490 e. The molecule has 0 aliphatic heterocycles. The fraction of sp³-hybridized carbons (Fsp3) is 0.500. The second-order valence-corrected chi connectivity index (χ2v) is 7.40. The zero-order valence-corrected chi connectivity index (χ0v) is 20.7. The number of ether oxygens (including phenoxy) is 2. The smallest absolute Gasteiger partial charge is 0.387 e. The van der Waals surface area contributed by atoms with Crippen LogP contribution in [0.3, 0.4) is 0 Å². The third-order valence-corrected chi connectivity index (χ3v) is 4.72. The van der Waals surface area contributed by atoms with Gasteiger partial charge in [-0.05, 0) is 37.5 Å². The number of hydrogen-bond donors (Lipinski definition) is 2. The van der Waals surface area contributed by atoms with E-state index in [1.165, 1.54) is 6.07 Å². The van der Waals surface area contributed by atoms with Gasteiger partial charge in [-0.25, -0.2) is 9.98 Å². The Morgan fingerprint density at radius 3 is 2.57 bits per heavy atom. The molecule has 0 radical (unpaired) electrons. The number of rotatable bonds is 10. The Hall–Kier alpha value is -1.69. The normalized spacial score (nSPS) is 11.4. The standard InChI is InChI=1S/C20H28F2N4O2S.HI/c1-5-23-20(25-11-18-26-15(12-29-18)13(3)4)24-10-14-7-8-16(28-19(21)22)17(9-14)27-6-2;/h7-9,12-13,19H,5-6,10-11H2,1-4H3,(H2,23,24,25);1H. The average Bonchev–Trinajstić information content (AvgIpc) is 3.15. The minimum Gasteiger partial charge on any atom is -0.490 e. The molecule has 0 aliphatic rings. The maximum Gasteiger partial charge on any atom is 0.387 e. The molecule has 10 heteroatoms. The highest BCUT2D eigenvalue weighted by atomic mass is 127. The Morgan fingerprint density at radius 2 is 1.97 bits per heavy atom. The number of aromatic nitrogens is 1. The summed E-state index contributed by atoms with van der Waals surface area (Å²) in [6, 6.07) is 4.85. The third kappa shape index (κ3) is 8.58. The van der Waals surface area contributed by atoms with Crippen molar-refractivity contribution in [3.05, 3.63) is 39.8 Å². The molecule has 0 saturated carbocycles. The zero-order valence-electron chi connectivity index (χ0n) is 17.6. The molecular formula is C20H29F2IN4O2S.